The largest absolute Gasteiger partial charge is 0.368 e. The zero-order valence-electron chi connectivity index (χ0n) is 15.4. The lowest BCUT2D eigenvalue weighted by molar-refractivity contribution is -0.384. The van der Waals surface area contributed by atoms with Gasteiger partial charge >= 0.3 is 0 Å². The number of amides is 1. The van der Waals surface area contributed by atoms with E-state index < -0.39 is 4.92 Å². The van der Waals surface area contributed by atoms with E-state index in [1.54, 1.807) is 34.0 Å². The number of halogens is 1. The average molecular weight is 412 g/mol. The number of carbonyl (C=O) groups excluding carboxylic acids is 1. The summed E-state index contributed by atoms with van der Waals surface area (Å²) in [5.41, 5.74) is 1.56. The maximum absolute atomic E-state index is 12.9. The highest BCUT2D eigenvalue weighted by Crippen LogP contribution is 2.26. The first-order valence-electron chi connectivity index (χ1n) is 9.09. The number of benzene rings is 2. The summed E-state index contributed by atoms with van der Waals surface area (Å²) in [5, 5.41) is 12.2. The molecule has 0 bridgehead atoms. The van der Waals surface area contributed by atoms with Crippen molar-refractivity contribution in [3.63, 3.8) is 0 Å². The SMILES string of the molecule is O=C(c1ccc(-n2ccnc2)c([N+](=O)[O-])c1)N1CCN(c2cccc(Cl)c2)CC1. The number of nitro benzene ring substituents is 1. The highest BCUT2D eigenvalue weighted by Gasteiger charge is 2.25. The normalized spacial score (nSPS) is 14.1. The van der Waals surface area contributed by atoms with Crippen molar-refractivity contribution in [2.24, 2.45) is 0 Å². The van der Waals surface area contributed by atoms with Gasteiger partial charge < -0.3 is 14.4 Å². The van der Waals surface area contributed by atoms with Gasteiger partial charge in [0.1, 0.15) is 5.69 Å². The van der Waals surface area contributed by atoms with Gasteiger partial charge in [0.15, 0.2) is 0 Å². The van der Waals surface area contributed by atoms with Gasteiger partial charge in [-0.2, -0.15) is 0 Å². The standard InChI is InChI=1S/C20H18ClN5O3/c21-16-2-1-3-17(13-16)23-8-10-24(11-9-23)20(27)15-4-5-18(19(12-15)26(28)29)25-7-6-22-14-25/h1-7,12-14H,8-11H2. The molecule has 1 amide bonds. The first kappa shape index (κ1) is 18.9. The number of nitro groups is 1. The summed E-state index contributed by atoms with van der Waals surface area (Å²) >= 11 is 6.06. The number of anilines is 1. The Balaban J connectivity index is 1.50. The molecular weight excluding hydrogens is 394 g/mol. The number of hydrogen-bond donors (Lipinski definition) is 0. The minimum atomic E-state index is -0.483. The molecule has 0 atom stereocenters. The minimum Gasteiger partial charge on any atom is -0.368 e. The fourth-order valence-corrected chi connectivity index (χ4v) is 3.63. The zero-order valence-corrected chi connectivity index (χ0v) is 16.2. The number of imidazole rings is 1. The topological polar surface area (TPSA) is 84.5 Å². The Labute approximate surface area is 172 Å². The molecule has 148 valence electrons. The Kier molecular flexibility index (Phi) is 5.18. The minimum absolute atomic E-state index is 0.133. The molecule has 0 radical (unpaired) electrons. The van der Waals surface area contributed by atoms with E-state index in [4.69, 9.17) is 11.6 Å². The van der Waals surface area contributed by atoms with Gasteiger partial charge in [0.25, 0.3) is 11.6 Å². The quantitative estimate of drug-likeness (QED) is 0.485. The summed E-state index contributed by atoms with van der Waals surface area (Å²) in [6.07, 6.45) is 4.65. The Morgan fingerprint density at radius 3 is 2.55 bits per heavy atom. The third-order valence-electron chi connectivity index (χ3n) is 4.94. The average Bonchev–Trinajstić information content (AvgIpc) is 3.27. The summed E-state index contributed by atoms with van der Waals surface area (Å²) in [5.74, 6) is -0.212. The molecule has 0 saturated carbocycles. The van der Waals surface area contributed by atoms with Crippen LogP contribution in [0.5, 0.6) is 0 Å². The van der Waals surface area contributed by atoms with Gasteiger partial charge in [0.05, 0.1) is 11.3 Å². The molecule has 1 aromatic heterocycles. The third-order valence-corrected chi connectivity index (χ3v) is 5.18. The molecule has 0 spiro atoms. The second-order valence-electron chi connectivity index (χ2n) is 6.69. The molecule has 1 aliphatic rings. The van der Waals surface area contributed by atoms with Crippen molar-refractivity contribution < 1.29 is 9.72 Å². The van der Waals surface area contributed by atoms with Crippen molar-refractivity contribution in [1.82, 2.24) is 14.5 Å². The van der Waals surface area contributed by atoms with Crippen LogP contribution in [-0.4, -0.2) is 51.5 Å². The van der Waals surface area contributed by atoms with Crippen LogP contribution >= 0.6 is 11.6 Å². The molecule has 4 rings (SSSR count). The van der Waals surface area contributed by atoms with Crippen molar-refractivity contribution in [3.05, 3.63) is 81.9 Å². The molecule has 8 nitrogen and oxygen atoms in total. The second-order valence-corrected chi connectivity index (χ2v) is 7.13. The van der Waals surface area contributed by atoms with Crippen LogP contribution < -0.4 is 4.90 Å². The zero-order chi connectivity index (χ0) is 20.4. The number of hydrogen-bond acceptors (Lipinski definition) is 5. The highest BCUT2D eigenvalue weighted by atomic mass is 35.5. The summed E-state index contributed by atoms with van der Waals surface area (Å²) in [7, 11) is 0. The first-order chi connectivity index (χ1) is 14.0. The lowest BCUT2D eigenvalue weighted by Crippen LogP contribution is -2.48. The van der Waals surface area contributed by atoms with E-state index in [-0.39, 0.29) is 11.6 Å². The lowest BCUT2D eigenvalue weighted by atomic mass is 10.1. The summed E-state index contributed by atoms with van der Waals surface area (Å²) in [6.45, 7) is 2.40. The van der Waals surface area contributed by atoms with E-state index >= 15 is 0 Å². The molecule has 1 aliphatic heterocycles. The van der Waals surface area contributed by atoms with E-state index in [0.717, 1.165) is 5.69 Å². The van der Waals surface area contributed by atoms with Crippen LogP contribution in [0.25, 0.3) is 5.69 Å². The number of rotatable bonds is 4. The van der Waals surface area contributed by atoms with Crippen LogP contribution in [0.3, 0.4) is 0 Å². The van der Waals surface area contributed by atoms with E-state index in [9.17, 15) is 14.9 Å². The summed E-state index contributed by atoms with van der Waals surface area (Å²) in [6, 6.07) is 12.1. The van der Waals surface area contributed by atoms with Gasteiger partial charge in [-0.05, 0) is 30.3 Å². The number of carbonyl (C=O) groups is 1. The lowest BCUT2D eigenvalue weighted by Gasteiger charge is -2.36. The predicted molar refractivity (Wildman–Crippen MR) is 110 cm³/mol. The van der Waals surface area contributed by atoms with E-state index in [2.05, 4.69) is 9.88 Å². The Morgan fingerprint density at radius 2 is 1.90 bits per heavy atom. The van der Waals surface area contributed by atoms with Gasteiger partial charge in [-0.15, -0.1) is 0 Å². The number of nitrogens with zero attached hydrogens (tertiary/aromatic N) is 5. The smallest absolute Gasteiger partial charge is 0.294 e. The Hall–Kier alpha value is -3.39. The molecule has 9 heteroatoms. The van der Waals surface area contributed by atoms with Crippen LogP contribution in [0.15, 0.2) is 61.2 Å². The molecule has 0 aliphatic carbocycles. The molecule has 2 aromatic carbocycles. The first-order valence-corrected chi connectivity index (χ1v) is 9.47. The monoisotopic (exact) mass is 411 g/mol. The molecule has 0 N–H and O–H groups in total. The molecule has 29 heavy (non-hydrogen) atoms. The predicted octanol–water partition coefficient (Wildman–Crippen LogP) is 3.40. The second kappa shape index (κ2) is 7.92. The highest BCUT2D eigenvalue weighted by molar-refractivity contribution is 6.30. The Bertz CT molecular complexity index is 1050. The van der Waals surface area contributed by atoms with Crippen LogP contribution in [0.2, 0.25) is 5.02 Å². The van der Waals surface area contributed by atoms with Gasteiger partial charge in [0, 0.05) is 60.9 Å². The van der Waals surface area contributed by atoms with Gasteiger partial charge in [0.2, 0.25) is 0 Å². The van der Waals surface area contributed by atoms with Gasteiger partial charge in [-0.3, -0.25) is 14.9 Å². The molecular formula is C20H18ClN5O3. The molecule has 3 aromatic rings. The van der Waals surface area contributed by atoms with E-state index in [1.165, 1.54) is 12.4 Å². The van der Waals surface area contributed by atoms with Crippen molar-refractivity contribution in [1.29, 1.82) is 0 Å². The summed E-state index contributed by atoms with van der Waals surface area (Å²) < 4.78 is 1.55. The van der Waals surface area contributed by atoms with Gasteiger partial charge in [-0.1, -0.05) is 17.7 Å². The maximum atomic E-state index is 12.9. The number of piperazine rings is 1. The molecule has 1 saturated heterocycles. The fourth-order valence-electron chi connectivity index (χ4n) is 3.45. The third kappa shape index (κ3) is 3.93. The molecule has 2 heterocycles. The van der Waals surface area contributed by atoms with Crippen LogP contribution in [0.4, 0.5) is 11.4 Å². The van der Waals surface area contributed by atoms with Crippen molar-refractivity contribution in [2.75, 3.05) is 31.1 Å². The fraction of sp³-hybridized carbons (Fsp3) is 0.200. The molecule has 0 unspecified atom stereocenters. The van der Waals surface area contributed by atoms with E-state index in [0.29, 0.717) is 42.5 Å². The van der Waals surface area contributed by atoms with E-state index in [1.807, 2.05) is 24.3 Å². The van der Waals surface area contributed by atoms with Crippen LogP contribution in [0.1, 0.15) is 10.4 Å². The Morgan fingerprint density at radius 1 is 1.10 bits per heavy atom. The summed E-state index contributed by atoms with van der Waals surface area (Å²) in [4.78, 5) is 31.8. The van der Waals surface area contributed by atoms with Crippen molar-refractivity contribution in [3.8, 4) is 5.69 Å². The van der Waals surface area contributed by atoms with Crippen LogP contribution in [-0.2, 0) is 0 Å². The van der Waals surface area contributed by atoms with Crippen LogP contribution in [0, 0.1) is 10.1 Å². The van der Waals surface area contributed by atoms with Crippen molar-refractivity contribution in [2.45, 2.75) is 0 Å². The molecule has 1 fully saturated rings. The maximum Gasteiger partial charge on any atom is 0.294 e. The van der Waals surface area contributed by atoms with Crippen molar-refractivity contribution >= 4 is 28.9 Å². The number of aromatic nitrogens is 2. The van der Waals surface area contributed by atoms with Gasteiger partial charge in [-0.25, -0.2) is 4.98 Å².